The minimum Gasteiger partial charge on any atom is -0.483 e. The lowest BCUT2D eigenvalue weighted by Gasteiger charge is -2.18. The van der Waals surface area contributed by atoms with Crippen LogP contribution in [-0.4, -0.2) is 42.1 Å². The van der Waals surface area contributed by atoms with Crippen molar-refractivity contribution in [3.63, 3.8) is 0 Å². The van der Waals surface area contributed by atoms with Gasteiger partial charge in [0.2, 0.25) is 5.91 Å². The number of hydrogen-bond acceptors (Lipinski definition) is 6. The summed E-state index contributed by atoms with van der Waals surface area (Å²) < 4.78 is 10.8. The van der Waals surface area contributed by atoms with Crippen LogP contribution in [0.1, 0.15) is 31.9 Å². The maximum atomic E-state index is 12.0. The van der Waals surface area contributed by atoms with Crippen molar-refractivity contribution in [3.05, 3.63) is 39.7 Å². The van der Waals surface area contributed by atoms with Crippen molar-refractivity contribution in [2.45, 2.75) is 40.2 Å². The number of carboxylic acid groups (broad SMARTS) is 1. The predicted octanol–water partition coefficient (Wildman–Crippen LogP) is 1.38. The Morgan fingerprint density at radius 2 is 1.90 bits per heavy atom. The number of carbonyl (C=O) groups excluding carboxylic acids is 2. The monoisotopic (exact) mass is 418 g/mol. The molecule has 2 rings (SSSR count). The highest BCUT2D eigenvalue weighted by Crippen LogP contribution is 2.28. The summed E-state index contributed by atoms with van der Waals surface area (Å²) in [6, 6.07) is 3.88. The van der Waals surface area contributed by atoms with Gasteiger partial charge in [-0.3, -0.25) is 9.59 Å². The topological polar surface area (TPSA) is 135 Å². The molecule has 0 saturated heterocycles. The molecule has 0 saturated carbocycles. The normalized spacial score (nSPS) is 11.9. The molecule has 9 nitrogen and oxygen atoms in total. The van der Waals surface area contributed by atoms with Gasteiger partial charge in [0.05, 0.1) is 6.54 Å². The van der Waals surface area contributed by atoms with E-state index in [4.69, 9.17) is 14.3 Å². The summed E-state index contributed by atoms with van der Waals surface area (Å²) in [5, 5.41) is 14.6. The molecular formula is C21H26N2O7. The van der Waals surface area contributed by atoms with Gasteiger partial charge in [-0.25, -0.2) is 9.59 Å². The van der Waals surface area contributed by atoms with E-state index in [2.05, 4.69) is 10.6 Å². The molecule has 0 bridgehead atoms. The third kappa shape index (κ3) is 5.59. The van der Waals surface area contributed by atoms with Gasteiger partial charge in [-0.2, -0.15) is 0 Å². The molecule has 2 aromatic rings. The van der Waals surface area contributed by atoms with Gasteiger partial charge in [0, 0.05) is 17.0 Å². The molecule has 9 heteroatoms. The van der Waals surface area contributed by atoms with E-state index in [1.807, 2.05) is 6.92 Å². The molecular weight excluding hydrogens is 392 g/mol. The highest BCUT2D eigenvalue weighted by atomic mass is 16.5. The number of rotatable bonds is 9. The van der Waals surface area contributed by atoms with Crippen LogP contribution in [-0.2, 0) is 20.8 Å². The third-order valence-electron chi connectivity index (χ3n) is 4.63. The van der Waals surface area contributed by atoms with Gasteiger partial charge in [0.25, 0.3) is 5.91 Å². The first kappa shape index (κ1) is 22.9. The van der Waals surface area contributed by atoms with Crippen molar-refractivity contribution in [2.24, 2.45) is 5.92 Å². The highest BCUT2D eigenvalue weighted by Gasteiger charge is 2.23. The Balaban J connectivity index is 1.97. The van der Waals surface area contributed by atoms with Crippen LogP contribution in [0.3, 0.4) is 0 Å². The third-order valence-corrected chi connectivity index (χ3v) is 4.63. The number of carbonyl (C=O) groups is 3. The fourth-order valence-corrected chi connectivity index (χ4v) is 2.97. The number of fused-ring (bicyclic) bond motifs is 1. The van der Waals surface area contributed by atoms with E-state index in [0.29, 0.717) is 23.3 Å². The molecule has 1 heterocycles. The van der Waals surface area contributed by atoms with Crippen LogP contribution < -0.4 is 21.0 Å². The lowest BCUT2D eigenvalue weighted by molar-refractivity contribution is -0.143. The molecule has 1 atom stereocenters. The molecule has 30 heavy (non-hydrogen) atoms. The van der Waals surface area contributed by atoms with E-state index in [9.17, 15) is 19.2 Å². The van der Waals surface area contributed by atoms with Gasteiger partial charge < -0.3 is 24.9 Å². The summed E-state index contributed by atoms with van der Waals surface area (Å²) in [6.45, 7) is 6.28. The summed E-state index contributed by atoms with van der Waals surface area (Å²) in [6.07, 6.45) is 0.672. The van der Waals surface area contributed by atoms with Crippen molar-refractivity contribution >= 4 is 28.8 Å². The minimum atomic E-state index is -1.14. The summed E-state index contributed by atoms with van der Waals surface area (Å²) in [5.41, 5.74) is 1.40. The maximum absolute atomic E-state index is 12.0. The van der Waals surface area contributed by atoms with E-state index < -0.39 is 29.5 Å². The molecule has 3 N–H and O–H groups in total. The second-order valence-corrected chi connectivity index (χ2v) is 7.20. The zero-order chi connectivity index (χ0) is 22.4. The smallest absolute Gasteiger partial charge is 0.336 e. The lowest BCUT2D eigenvalue weighted by Crippen LogP contribution is -2.48. The van der Waals surface area contributed by atoms with E-state index in [0.717, 1.165) is 10.9 Å². The number of ether oxygens (including phenoxy) is 1. The number of hydrogen-bond donors (Lipinski definition) is 3. The number of aliphatic carboxylic acids is 1. The quantitative estimate of drug-likeness (QED) is 0.524. The second-order valence-electron chi connectivity index (χ2n) is 7.20. The summed E-state index contributed by atoms with van der Waals surface area (Å²) in [7, 11) is 0. The molecule has 0 spiro atoms. The molecule has 2 amide bonds. The van der Waals surface area contributed by atoms with Crippen LogP contribution in [0.25, 0.3) is 11.0 Å². The largest absolute Gasteiger partial charge is 0.483 e. The van der Waals surface area contributed by atoms with Gasteiger partial charge >= 0.3 is 11.6 Å². The molecule has 162 valence electrons. The first-order valence-corrected chi connectivity index (χ1v) is 9.62. The molecule has 0 fully saturated rings. The number of carboxylic acids is 1. The van der Waals surface area contributed by atoms with Crippen molar-refractivity contribution in [1.82, 2.24) is 10.6 Å². The molecule has 0 unspecified atom stereocenters. The maximum Gasteiger partial charge on any atom is 0.336 e. The Hall–Kier alpha value is -3.36. The zero-order valence-corrected chi connectivity index (χ0v) is 17.4. The van der Waals surface area contributed by atoms with Crippen molar-refractivity contribution in [1.29, 1.82) is 0 Å². The number of aryl methyl sites for hydroxylation is 2. The van der Waals surface area contributed by atoms with Crippen LogP contribution in [0.5, 0.6) is 5.75 Å². The first-order chi connectivity index (χ1) is 14.1. The lowest BCUT2D eigenvalue weighted by atomic mass is 10.0. The molecule has 0 aliphatic heterocycles. The summed E-state index contributed by atoms with van der Waals surface area (Å²) in [4.78, 5) is 46.7. The Morgan fingerprint density at radius 3 is 2.50 bits per heavy atom. The predicted molar refractivity (Wildman–Crippen MR) is 110 cm³/mol. The first-order valence-electron chi connectivity index (χ1n) is 9.62. The van der Waals surface area contributed by atoms with Crippen molar-refractivity contribution in [3.8, 4) is 5.75 Å². The van der Waals surface area contributed by atoms with Gasteiger partial charge in [-0.1, -0.05) is 20.8 Å². The van der Waals surface area contributed by atoms with Gasteiger partial charge in [-0.05, 0) is 37.0 Å². The molecule has 1 aromatic carbocycles. The van der Waals surface area contributed by atoms with Gasteiger partial charge in [0.1, 0.15) is 17.4 Å². The van der Waals surface area contributed by atoms with Crippen LogP contribution in [0.4, 0.5) is 0 Å². The Labute approximate surface area is 173 Å². The summed E-state index contributed by atoms with van der Waals surface area (Å²) in [5.74, 6) is -2.22. The summed E-state index contributed by atoms with van der Waals surface area (Å²) >= 11 is 0. The number of benzene rings is 1. The van der Waals surface area contributed by atoms with Crippen molar-refractivity contribution in [2.75, 3.05) is 13.2 Å². The van der Waals surface area contributed by atoms with Gasteiger partial charge in [-0.15, -0.1) is 0 Å². The van der Waals surface area contributed by atoms with E-state index >= 15 is 0 Å². The fraction of sp³-hybridized carbons (Fsp3) is 0.429. The van der Waals surface area contributed by atoms with Gasteiger partial charge in [0.15, 0.2) is 6.61 Å². The highest BCUT2D eigenvalue weighted by molar-refractivity contribution is 5.88. The average molecular weight is 418 g/mol. The Bertz CT molecular complexity index is 1010. The fourth-order valence-electron chi connectivity index (χ4n) is 2.97. The van der Waals surface area contributed by atoms with Crippen LogP contribution in [0, 0.1) is 12.8 Å². The van der Waals surface area contributed by atoms with Crippen LogP contribution in [0.2, 0.25) is 0 Å². The van der Waals surface area contributed by atoms with Crippen molar-refractivity contribution < 1.29 is 28.6 Å². The number of nitrogens with one attached hydrogen (secondary N) is 2. The zero-order valence-electron chi connectivity index (χ0n) is 17.4. The van der Waals surface area contributed by atoms with E-state index in [1.54, 1.807) is 32.9 Å². The Morgan fingerprint density at radius 1 is 1.20 bits per heavy atom. The SMILES string of the molecule is CCc1cc(=O)oc2c(C)c(OCC(=O)NCC(=O)N[C@H](C(=O)O)C(C)C)ccc12. The standard InChI is InChI=1S/C21H26N2O7/c1-5-13-8-18(26)30-20-12(4)15(7-6-14(13)20)29-10-17(25)22-9-16(24)23-19(11(2)3)21(27)28/h6-8,11,19H,5,9-10H2,1-4H3,(H,22,25)(H,23,24)(H,27,28)/t19-/m0/s1. The minimum absolute atomic E-state index is 0.297. The molecule has 0 aliphatic carbocycles. The van der Waals surface area contributed by atoms with E-state index in [1.165, 1.54) is 6.07 Å². The Kier molecular flexibility index (Phi) is 7.57. The molecule has 0 radical (unpaired) electrons. The average Bonchev–Trinajstić information content (AvgIpc) is 2.69. The molecule has 1 aromatic heterocycles. The number of amides is 2. The molecule has 0 aliphatic rings. The van der Waals surface area contributed by atoms with Crippen LogP contribution in [0.15, 0.2) is 27.4 Å². The second kappa shape index (κ2) is 9.91. The van der Waals surface area contributed by atoms with Crippen LogP contribution >= 0.6 is 0 Å². The van der Waals surface area contributed by atoms with E-state index in [-0.39, 0.29) is 19.1 Å².